The molecule has 4 aromatic rings. The van der Waals surface area contributed by atoms with Crippen molar-refractivity contribution in [3.63, 3.8) is 0 Å². The summed E-state index contributed by atoms with van der Waals surface area (Å²) in [4.78, 5) is 0. The van der Waals surface area contributed by atoms with E-state index in [4.69, 9.17) is 0 Å². The molecule has 0 aromatic heterocycles. The minimum absolute atomic E-state index is 0.188. The van der Waals surface area contributed by atoms with Crippen LogP contribution >= 0.6 is 0 Å². The standard InChI is InChI=1S/C33H32N4/c1-3-13-27(14-4-1)36-33(23-31-29-17-9-7-11-25(29)19-21-34(31)36)24-32-30-18-10-8-12-26(30)20-22-35(32)37(33)28-15-5-2-6-16-28/h1-18,31-32H,19-24H2/t31-,32-,33?/m0/s1. The number of benzene rings is 4. The molecule has 0 N–H and O–H groups in total. The van der Waals surface area contributed by atoms with E-state index in [9.17, 15) is 0 Å². The second kappa shape index (κ2) is 8.20. The first-order chi connectivity index (χ1) is 18.3. The van der Waals surface area contributed by atoms with Gasteiger partial charge in [-0.25, -0.2) is 10.0 Å². The molecule has 4 aliphatic rings. The van der Waals surface area contributed by atoms with Gasteiger partial charge in [-0.1, -0.05) is 84.9 Å². The van der Waals surface area contributed by atoms with Gasteiger partial charge in [-0.05, 0) is 59.4 Å². The van der Waals surface area contributed by atoms with Crippen molar-refractivity contribution < 1.29 is 0 Å². The van der Waals surface area contributed by atoms with Crippen molar-refractivity contribution in [3.05, 3.63) is 131 Å². The third-order valence-electron chi connectivity index (χ3n) is 9.11. The van der Waals surface area contributed by atoms with Gasteiger partial charge in [0.05, 0.1) is 23.5 Å². The van der Waals surface area contributed by atoms with E-state index in [0.717, 1.165) is 38.8 Å². The van der Waals surface area contributed by atoms with Crippen LogP contribution in [0.15, 0.2) is 109 Å². The van der Waals surface area contributed by atoms with Crippen molar-refractivity contribution in [1.29, 1.82) is 0 Å². The van der Waals surface area contributed by atoms with Gasteiger partial charge in [0.25, 0.3) is 0 Å². The normalized spacial score (nSPS) is 24.0. The van der Waals surface area contributed by atoms with E-state index in [1.54, 1.807) is 0 Å². The maximum atomic E-state index is 2.70. The van der Waals surface area contributed by atoms with E-state index >= 15 is 0 Å². The molecule has 0 bridgehead atoms. The quantitative estimate of drug-likeness (QED) is 0.321. The fourth-order valence-corrected chi connectivity index (χ4v) is 7.72. The van der Waals surface area contributed by atoms with E-state index in [0.29, 0.717) is 12.1 Å². The molecular weight excluding hydrogens is 452 g/mol. The monoisotopic (exact) mass is 484 g/mol. The molecule has 184 valence electrons. The molecule has 0 radical (unpaired) electrons. The highest BCUT2D eigenvalue weighted by atomic mass is 15.8. The molecule has 4 aromatic carbocycles. The van der Waals surface area contributed by atoms with E-state index in [1.165, 1.54) is 33.6 Å². The van der Waals surface area contributed by atoms with Gasteiger partial charge in [0, 0.05) is 25.9 Å². The van der Waals surface area contributed by atoms with Gasteiger partial charge in [0.2, 0.25) is 0 Å². The molecule has 4 nitrogen and oxygen atoms in total. The molecule has 4 heterocycles. The summed E-state index contributed by atoms with van der Waals surface area (Å²) in [5.41, 5.74) is 8.43. The first-order valence-electron chi connectivity index (χ1n) is 13.7. The Balaban J connectivity index is 1.35. The van der Waals surface area contributed by atoms with Crippen molar-refractivity contribution in [2.45, 2.75) is 43.4 Å². The lowest BCUT2D eigenvalue weighted by atomic mass is 9.85. The average molecular weight is 485 g/mol. The van der Waals surface area contributed by atoms with Gasteiger partial charge in [0.15, 0.2) is 0 Å². The summed E-state index contributed by atoms with van der Waals surface area (Å²) in [6, 6.07) is 41.3. The summed E-state index contributed by atoms with van der Waals surface area (Å²) in [5, 5.41) is 10.8. The lowest BCUT2D eigenvalue weighted by Gasteiger charge is -2.49. The second-order valence-corrected chi connectivity index (χ2v) is 10.9. The summed E-state index contributed by atoms with van der Waals surface area (Å²) in [6.07, 6.45) is 4.33. The smallest absolute Gasteiger partial charge is 0.146 e. The third kappa shape index (κ3) is 3.09. The van der Waals surface area contributed by atoms with Crippen molar-refractivity contribution >= 4 is 11.4 Å². The summed E-state index contributed by atoms with van der Waals surface area (Å²) >= 11 is 0. The number of nitrogens with zero attached hydrogens (tertiary/aromatic N) is 4. The number of rotatable bonds is 2. The fraction of sp³-hybridized carbons (Fsp3) is 0.273. The Morgan fingerprint density at radius 3 is 1.35 bits per heavy atom. The van der Waals surface area contributed by atoms with E-state index in [-0.39, 0.29) is 5.66 Å². The van der Waals surface area contributed by atoms with Crippen molar-refractivity contribution in [3.8, 4) is 0 Å². The Kier molecular flexibility index (Phi) is 4.76. The molecule has 4 aliphatic heterocycles. The number of hydrogen-bond donors (Lipinski definition) is 0. The van der Waals surface area contributed by atoms with E-state index in [2.05, 4.69) is 129 Å². The van der Waals surface area contributed by atoms with Crippen LogP contribution in [0.4, 0.5) is 11.4 Å². The molecule has 8 rings (SSSR count). The number of anilines is 2. The van der Waals surface area contributed by atoms with Crippen LogP contribution in [0.25, 0.3) is 0 Å². The van der Waals surface area contributed by atoms with Crippen LogP contribution in [-0.2, 0) is 12.8 Å². The molecule has 37 heavy (non-hydrogen) atoms. The zero-order valence-corrected chi connectivity index (χ0v) is 21.1. The summed E-state index contributed by atoms with van der Waals surface area (Å²) < 4.78 is 0. The van der Waals surface area contributed by atoms with Gasteiger partial charge in [-0.15, -0.1) is 0 Å². The highest BCUT2D eigenvalue weighted by molar-refractivity contribution is 5.60. The number of fused-ring (bicyclic) bond motifs is 6. The summed E-state index contributed by atoms with van der Waals surface area (Å²) in [5.74, 6) is 0. The molecule has 1 spiro atoms. The van der Waals surface area contributed by atoms with Crippen molar-refractivity contribution in [1.82, 2.24) is 10.0 Å². The second-order valence-electron chi connectivity index (χ2n) is 10.9. The molecular formula is C33H32N4. The molecule has 0 aliphatic carbocycles. The Bertz CT molecular complexity index is 1320. The molecule has 2 fully saturated rings. The Morgan fingerprint density at radius 2 is 0.892 bits per heavy atom. The largest absolute Gasteiger partial charge is 0.279 e. The molecule has 0 unspecified atom stereocenters. The first-order valence-corrected chi connectivity index (χ1v) is 13.7. The highest BCUT2D eigenvalue weighted by Crippen LogP contribution is 2.59. The SMILES string of the molecule is c1ccc(N2N3CCc4ccccc4[C@@H]3CC23C[C@H]2c4ccccc4CCN2N3c2ccccc2)cc1. The molecule has 4 heteroatoms. The molecule has 0 saturated carbocycles. The van der Waals surface area contributed by atoms with E-state index < -0.39 is 0 Å². The zero-order chi connectivity index (χ0) is 24.4. The van der Waals surface area contributed by atoms with Gasteiger partial charge < -0.3 is 0 Å². The predicted molar refractivity (Wildman–Crippen MR) is 149 cm³/mol. The van der Waals surface area contributed by atoms with Crippen LogP contribution in [-0.4, -0.2) is 28.8 Å². The summed E-state index contributed by atoms with van der Waals surface area (Å²) in [6.45, 7) is 2.09. The van der Waals surface area contributed by atoms with Gasteiger partial charge in [-0.3, -0.25) is 10.0 Å². The van der Waals surface area contributed by atoms with Gasteiger partial charge >= 0.3 is 0 Å². The number of hydrazine groups is 2. The predicted octanol–water partition coefficient (Wildman–Crippen LogP) is 6.53. The van der Waals surface area contributed by atoms with Crippen LogP contribution in [0.5, 0.6) is 0 Å². The van der Waals surface area contributed by atoms with Gasteiger partial charge in [-0.2, -0.15) is 0 Å². The van der Waals surface area contributed by atoms with Crippen LogP contribution in [0, 0.1) is 0 Å². The lowest BCUT2D eigenvalue weighted by Crippen LogP contribution is -2.61. The molecule has 2 saturated heterocycles. The van der Waals surface area contributed by atoms with Crippen molar-refractivity contribution in [2.75, 3.05) is 23.1 Å². The topological polar surface area (TPSA) is 13.0 Å². The Morgan fingerprint density at radius 1 is 0.486 bits per heavy atom. The summed E-state index contributed by atoms with van der Waals surface area (Å²) in [7, 11) is 0. The van der Waals surface area contributed by atoms with Crippen LogP contribution in [0.3, 0.4) is 0 Å². The average Bonchev–Trinajstić information content (AvgIpc) is 3.48. The Hall–Kier alpha value is -3.60. The van der Waals surface area contributed by atoms with Crippen LogP contribution < -0.4 is 10.0 Å². The van der Waals surface area contributed by atoms with Gasteiger partial charge in [0.1, 0.15) is 5.66 Å². The minimum Gasteiger partial charge on any atom is -0.279 e. The zero-order valence-electron chi connectivity index (χ0n) is 21.1. The first kappa shape index (κ1) is 21.5. The third-order valence-corrected chi connectivity index (χ3v) is 9.11. The maximum absolute atomic E-state index is 2.70. The fourth-order valence-electron chi connectivity index (χ4n) is 7.72. The lowest BCUT2D eigenvalue weighted by molar-refractivity contribution is 0.192. The molecule has 2 atom stereocenters. The Labute approximate surface area is 219 Å². The molecule has 0 amide bonds. The van der Waals surface area contributed by atoms with E-state index in [1.807, 2.05) is 0 Å². The van der Waals surface area contributed by atoms with Crippen molar-refractivity contribution in [2.24, 2.45) is 0 Å². The maximum Gasteiger partial charge on any atom is 0.146 e. The highest BCUT2D eigenvalue weighted by Gasteiger charge is 2.63. The van der Waals surface area contributed by atoms with Crippen LogP contribution in [0.2, 0.25) is 0 Å². The number of para-hydroxylation sites is 2. The minimum atomic E-state index is -0.188. The number of hydrogen-bond acceptors (Lipinski definition) is 4. The van der Waals surface area contributed by atoms with Crippen LogP contribution in [0.1, 0.15) is 47.2 Å².